The fourth-order valence-electron chi connectivity index (χ4n) is 2.20. The van der Waals surface area contributed by atoms with Crippen LogP contribution < -0.4 is 11.1 Å². The number of benzene rings is 1. The molecule has 1 fully saturated rings. The Balaban J connectivity index is 0.00000312. The van der Waals surface area contributed by atoms with Gasteiger partial charge in [-0.1, -0.05) is 6.92 Å². The van der Waals surface area contributed by atoms with Crippen LogP contribution >= 0.6 is 12.4 Å². The van der Waals surface area contributed by atoms with Crippen molar-refractivity contribution in [2.75, 3.05) is 31.6 Å². The number of sulfonamides is 1. The maximum atomic E-state index is 14.1. The first kappa shape index (κ1) is 21.8. The van der Waals surface area contributed by atoms with Crippen LogP contribution in [-0.4, -0.2) is 51.0 Å². The first-order valence-electron chi connectivity index (χ1n) is 7.67. The summed E-state index contributed by atoms with van der Waals surface area (Å²) in [4.78, 5) is 11.6. The second-order valence-electron chi connectivity index (χ2n) is 5.80. The van der Waals surface area contributed by atoms with Crippen LogP contribution in [0.15, 0.2) is 23.1 Å². The zero-order chi connectivity index (χ0) is 17.9. The molecule has 1 aliphatic heterocycles. The van der Waals surface area contributed by atoms with Gasteiger partial charge in [-0.3, -0.25) is 4.79 Å². The maximum absolute atomic E-state index is 14.1. The summed E-state index contributed by atoms with van der Waals surface area (Å²) in [6.07, 6.45) is 0. The minimum Gasteiger partial charge on any atom is -0.379 e. The number of nitrogens with two attached hydrogens (primary N) is 1. The molecule has 142 valence electrons. The second-order valence-corrected chi connectivity index (χ2v) is 7.71. The van der Waals surface area contributed by atoms with E-state index in [0.29, 0.717) is 0 Å². The largest absolute Gasteiger partial charge is 0.379 e. The van der Waals surface area contributed by atoms with Crippen LogP contribution in [-0.2, 0) is 19.6 Å². The Labute approximate surface area is 153 Å². The first-order chi connectivity index (χ1) is 11.2. The molecule has 2 rings (SSSR count). The number of nitrogens with zero attached hydrogens (tertiary/aromatic N) is 1. The lowest BCUT2D eigenvalue weighted by Crippen LogP contribution is -2.41. The topological polar surface area (TPSA) is 102 Å². The summed E-state index contributed by atoms with van der Waals surface area (Å²) in [7, 11) is -3.99. The van der Waals surface area contributed by atoms with Crippen LogP contribution in [0.25, 0.3) is 0 Å². The monoisotopic (exact) mass is 395 g/mol. The van der Waals surface area contributed by atoms with Crippen LogP contribution in [0.2, 0.25) is 0 Å². The van der Waals surface area contributed by atoms with Gasteiger partial charge in [-0.2, -0.15) is 4.31 Å². The fourth-order valence-corrected chi connectivity index (χ4v) is 3.70. The van der Waals surface area contributed by atoms with Crippen LogP contribution in [0.3, 0.4) is 0 Å². The van der Waals surface area contributed by atoms with Crippen LogP contribution in [0.1, 0.15) is 13.8 Å². The number of nitrogens with one attached hydrogen (secondary N) is 1. The van der Waals surface area contributed by atoms with E-state index in [4.69, 9.17) is 10.5 Å². The van der Waals surface area contributed by atoms with Gasteiger partial charge in [-0.25, -0.2) is 12.8 Å². The van der Waals surface area contributed by atoms with Crippen molar-refractivity contribution in [1.82, 2.24) is 4.31 Å². The molecule has 1 heterocycles. The Morgan fingerprint density at radius 1 is 1.32 bits per heavy atom. The zero-order valence-electron chi connectivity index (χ0n) is 14.1. The van der Waals surface area contributed by atoms with E-state index in [2.05, 4.69) is 5.32 Å². The molecule has 1 aliphatic rings. The quantitative estimate of drug-likeness (QED) is 0.779. The molecule has 3 N–H and O–H groups in total. The normalized spacial score (nSPS) is 18.1. The maximum Gasteiger partial charge on any atom is 0.246 e. The lowest BCUT2D eigenvalue weighted by molar-refractivity contribution is -0.119. The molecule has 0 radical (unpaired) electrons. The van der Waals surface area contributed by atoms with Gasteiger partial charge in [0.15, 0.2) is 0 Å². The van der Waals surface area contributed by atoms with E-state index in [-0.39, 0.29) is 56.3 Å². The average Bonchev–Trinajstić information content (AvgIpc) is 2.56. The van der Waals surface area contributed by atoms with Crippen molar-refractivity contribution in [2.24, 2.45) is 11.7 Å². The van der Waals surface area contributed by atoms with Crippen LogP contribution in [0.5, 0.6) is 0 Å². The van der Waals surface area contributed by atoms with E-state index < -0.39 is 26.7 Å². The highest BCUT2D eigenvalue weighted by Crippen LogP contribution is 2.24. The zero-order valence-corrected chi connectivity index (χ0v) is 15.7. The smallest absolute Gasteiger partial charge is 0.246 e. The minimum absolute atomic E-state index is 0. The number of carbonyl (C=O) groups is 1. The summed E-state index contributed by atoms with van der Waals surface area (Å²) in [6, 6.07) is 3.12. The predicted molar refractivity (Wildman–Crippen MR) is 94.7 cm³/mol. The van der Waals surface area contributed by atoms with Gasteiger partial charge in [0.25, 0.3) is 0 Å². The van der Waals surface area contributed by atoms with Crippen molar-refractivity contribution in [1.29, 1.82) is 0 Å². The van der Waals surface area contributed by atoms with E-state index in [9.17, 15) is 17.6 Å². The lowest BCUT2D eigenvalue weighted by atomic mass is 10.0. The number of hydrogen-bond acceptors (Lipinski definition) is 5. The van der Waals surface area contributed by atoms with Gasteiger partial charge in [0, 0.05) is 24.8 Å². The number of ether oxygens (including phenoxy) is 1. The summed E-state index contributed by atoms with van der Waals surface area (Å²) in [5, 5.41) is 2.57. The molecule has 0 aliphatic carbocycles. The molecule has 10 heteroatoms. The van der Waals surface area contributed by atoms with E-state index in [0.717, 1.165) is 12.1 Å². The first-order valence-corrected chi connectivity index (χ1v) is 9.11. The molecular weight excluding hydrogens is 373 g/mol. The van der Waals surface area contributed by atoms with Crippen molar-refractivity contribution >= 4 is 34.0 Å². The van der Waals surface area contributed by atoms with Crippen LogP contribution in [0.4, 0.5) is 10.1 Å². The summed E-state index contributed by atoms with van der Waals surface area (Å²) in [5.74, 6) is -1.68. The third-order valence-electron chi connectivity index (χ3n) is 3.99. The molecular formula is C15H23ClFN3O4S. The number of carbonyl (C=O) groups excluding carboxylic acids is 1. The van der Waals surface area contributed by atoms with Gasteiger partial charge >= 0.3 is 0 Å². The Morgan fingerprint density at radius 2 is 1.92 bits per heavy atom. The fraction of sp³-hybridized carbons (Fsp3) is 0.533. The van der Waals surface area contributed by atoms with Gasteiger partial charge in [0.05, 0.1) is 19.1 Å². The molecule has 1 aromatic rings. The van der Waals surface area contributed by atoms with Crippen molar-refractivity contribution in [3.05, 3.63) is 24.0 Å². The van der Waals surface area contributed by atoms with Gasteiger partial charge in [0.1, 0.15) is 10.7 Å². The summed E-state index contributed by atoms with van der Waals surface area (Å²) < 4.78 is 45.5. The minimum atomic E-state index is -3.99. The van der Waals surface area contributed by atoms with Crippen molar-refractivity contribution in [3.63, 3.8) is 0 Å². The van der Waals surface area contributed by atoms with Gasteiger partial charge in [-0.05, 0) is 25.1 Å². The molecule has 1 amide bonds. The van der Waals surface area contributed by atoms with Gasteiger partial charge < -0.3 is 15.8 Å². The lowest BCUT2D eigenvalue weighted by Gasteiger charge is -2.26. The number of anilines is 1. The number of amides is 1. The molecule has 1 saturated heterocycles. The summed E-state index contributed by atoms with van der Waals surface area (Å²) in [5.41, 5.74) is 5.89. The third-order valence-corrected chi connectivity index (χ3v) is 5.90. The number of rotatable bonds is 5. The van der Waals surface area contributed by atoms with E-state index in [1.54, 1.807) is 13.8 Å². The standard InChI is InChI=1S/C15H22FN3O4S.ClH/c1-10(11(2)17)15(20)18-12-3-4-13(16)14(9-12)24(21,22)19-5-7-23-8-6-19;/h3-4,9-11H,5-8,17H2,1-2H3,(H,18,20);1H. The molecule has 2 atom stereocenters. The number of halogens is 2. The molecule has 25 heavy (non-hydrogen) atoms. The Morgan fingerprint density at radius 3 is 2.48 bits per heavy atom. The van der Waals surface area contributed by atoms with Gasteiger partial charge in [-0.15, -0.1) is 12.4 Å². The SMILES string of the molecule is CC(N)C(C)C(=O)Nc1ccc(F)c(S(=O)(=O)N2CCOCC2)c1.Cl. The van der Waals surface area contributed by atoms with Crippen LogP contribution in [0, 0.1) is 11.7 Å². The molecule has 0 spiro atoms. The highest BCUT2D eigenvalue weighted by molar-refractivity contribution is 7.89. The summed E-state index contributed by atoms with van der Waals surface area (Å²) in [6.45, 7) is 4.23. The second kappa shape index (κ2) is 8.91. The van der Waals surface area contributed by atoms with E-state index in [1.807, 2.05) is 0 Å². The molecule has 1 aromatic carbocycles. The molecule has 0 aromatic heterocycles. The number of morpholine rings is 1. The molecule has 2 unspecified atom stereocenters. The highest BCUT2D eigenvalue weighted by Gasteiger charge is 2.29. The Bertz CT molecular complexity index is 709. The average molecular weight is 396 g/mol. The number of hydrogen-bond donors (Lipinski definition) is 2. The van der Waals surface area contributed by atoms with Crippen molar-refractivity contribution in [2.45, 2.75) is 24.8 Å². The van der Waals surface area contributed by atoms with E-state index in [1.165, 1.54) is 10.4 Å². The summed E-state index contributed by atoms with van der Waals surface area (Å²) >= 11 is 0. The predicted octanol–water partition coefficient (Wildman–Crippen LogP) is 1.19. The van der Waals surface area contributed by atoms with Crippen molar-refractivity contribution < 1.29 is 22.3 Å². The van der Waals surface area contributed by atoms with E-state index >= 15 is 0 Å². The highest BCUT2D eigenvalue weighted by atomic mass is 35.5. The molecule has 0 bridgehead atoms. The molecule has 0 saturated carbocycles. The molecule has 7 nitrogen and oxygen atoms in total. The third kappa shape index (κ3) is 5.11. The van der Waals surface area contributed by atoms with Crippen molar-refractivity contribution in [3.8, 4) is 0 Å². The van der Waals surface area contributed by atoms with Gasteiger partial charge in [0.2, 0.25) is 15.9 Å². The Hall–Kier alpha value is -1.26. The Kier molecular flexibility index (Phi) is 7.76.